The molecular formula is C12H14BrFN2S. The Morgan fingerprint density at radius 2 is 2.24 bits per heavy atom. The van der Waals surface area contributed by atoms with Gasteiger partial charge in [-0.25, -0.2) is 4.39 Å². The van der Waals surface area contributed by atoms with Gasteiger partial charge in [0.05, 0.1) is 15.5 Å². The third-order valence-corrected chi connectivity index (χ3v) is 3.94. The number of hydrogen-bond acceptors (Lipinski definition) is 1. The predicted molar refractivity (Wildman–Crippen MR) is 74.2 cm³/mol. The Kier molecular flexibility index (Phi) is 3.68. The van der Waals surface area contributed by atoms with Gasteiger partial charge in [0.25, 0.3) is 0 Å². The van der Waals surface area contributed by atoms with Gasteiger partial charge >= 0.3 is 0 Å². The van der Waals surface area contributed by atoms with Gasteiger partial charge in [-0.15, -0.1) is 0 Å². The molecule has 0 saturated carbocycles. The molecule has 5 heteroatoms. The van der Waals surface area contributed by atoms with E-state index in [9.17, 15) is 4.39 Å². The van der Waals surface area contributed by atoms with Crippen molar-refractivity contribution < 1.29 is 4.39 Å². The van der Waals surface area contributed by atoms with Crippen molar-refractivity contribution in [3.63, 3.8) is 0 Å². The first kappa shape index (κ1) is 12.8. The number of halogens is 2. The van der Waals surface area contributed by atoms with Crippen LogP contribution in [0, 0.1) is 16.5 Å². The fourth-order valence-electron chi connectivity index (χ4n) is 1.77. The largest absolute Gasteiger partial charge is 0.331 e. The summed E-state index contributed by atoms with van der Waals surface area (Å²) in [4.78, 5) is 3.11. The molecule has 0 aliphatic carbocycles. The Labute approximate surface area is 113 Å². The van der Waals surface area contributed by atoms with E-state index in [1.54, 1.807) is 6.07 Å². The molecule has 1 aromatic carbocycles. The first-order valence-corrected chi connectivity index (χ1v) is 6.80. The van der Waals surface area contributed by atoms with Gasteiger partial charge in [-0.05, 0) is 40.1 Å². The van der Waals surface area contributed by atoms with Gasteiger partial charge in [-0.2, -0.15) is 0 Å². The van der Waals surface area contributed by atoms with E-state index in [0.717, 1.165) is 24.0 Å². The van der Waals surface area contributed by atoms with Gasteiger partial charge in [-0.3, -0.25) is 0 Å². The smallest absolute Gasteiger partial charge is 0.178 e. The molecule has 1 aromatic heterocycles. The number of hydrogen-bond donors (Lipinski definition) is 1. The van der Waals surface area contributed by atoms with Crippen LogP contribution in [0.15, 0.2) is 16.6 Å². The second-order valence-corrected chi connectivity index (χ2v) is 5.58. The van der Waals surface area contributed by atoms with Crippen molar-refractivity contribution in [2.75, 3.05) is 0 Å². The molecule has 0 aliphatic heterocycles. The molecule has 17 heavy (non-hydrogen) atoms. The monoisotopic (exact) mass is 316 g/mol. The zero-order valence-corrected chi connectivity index (χ0v) is 12.2. The maximum Gasteiger partial charge on any atom is 0.178 e. The minimum absolute atomic E-state index is 0.260. The van der Waals surface area contributed by atoms with Crippen LogP contribution in [0.1, 0.15) is 20.3 Å². The Hall–Kier alpha value is -0.680. The van der Waals surface area contributed by atoms with E-state index in [4.69, 9.17) is 12.2 Å². The molecule has 1 atom stereocenters. The van der Waals surface area contributed by atoms with Crippen LogP contribution in [0.5, 0.6) is 0 Å². The van der Waals surface area contributed by atoms with Crippen LogP contribution in [-0.4, -0.2) is 9.55 Å². The molecule has 2 aromatic rings. The maximum atomic E-state index is 13.5. The van der Waals surface area contributed by atoms with Crippen molar-refractivity contribution in [3.8, 4) is 0 Å². The maximum absolute atomic E-state index is 13.5. The molecule has 0 amide bonds. The average molecular weight is 317 g/mol. The average Bonchev–Trinajstić information content (AvgIpc) is 2.56. The summed E-state index contributed by atoms with van der Waals surface area (Å²) in [6.07, 6.45) is 1.08. The van der Waals surface area contributed by atoms with Crippen LogP contribution in [0.25, 0.3) is 11.0 Å². The number of H-pyrrole nitrogens is 1. The molecule has 1 heterocycles. The number of fused-ring (bicyclic) bond motifs is 1. The number of aromatic nitrogens is 2. The van der Waals surface area contributed by atoms with Crippen molar-refractivity contribution in [2.45, 2.75) is 26.8 Å². The minimum atomic E-state index is -0.260. The van der Waals surface area contributed by atoms with Crippen molar-refractivity contribution in [1.29, 1.82) is 0 Å². The molecule has 2 nitrogen and oxygen atoms in total. The zero-order valence-electron chi connectivity index (χ0n) is 9.76. The summed E-state index contributed by atoms with van der Waals surface area (Å²) in [7, 11) is 0. The lowest BCUT2D eigenvalue weighted by Gasteiger charge is -2.10. The molecule has 0 bridgehead atoms. The zero-order chi connectivity index (χ0) is 12.6. The van der Waals surface area contributed by atoms with Gasteiger partial charge in [0.15, 0.2) is 4.77 Å². The Morgan fingerprint density at radius 3 is 2.88 bits per heavy atom. The van der Waals surface area contributed by atoms with Crippen LogP contribution in [0.4, 0.5) is 4.39 Å². The van der Waals surface area contributed by atoms with Crippen LogP contribution in [0.3, 0.4) is 0 Å². The second-order valence-electron chi connectivity index (χ2n) is 4.34. The summed E-state index contributed by atoms with van der Waals surface area (Å²) in [5.41, 5.74) is 1.70. The van der Waals surface area contributed by atoms with E-state index in [0.29, 0.717) is 15.2 Å². The fraction of sp³-hybridized carbons (Fsp3) is 0.417. The van der Waals surface area contributed by atoms with Crippen molar-refractivity contribution in [1.82, 2.24) is 9.55 Å². The Bertz CT molecular complexity index is 602. The molecule has 0 saturated heterocycles. The first-order valence-electron chi connectivity index (χ1n) is 5.60. The van der Waals surface area contributed by atoms with E-state index < -0.39 is 0 Å². The molecule has 1 N–H and O–H groups in total. The summed E-state index contributed by atoms with van der Waals surface area (Å²) in [6, 6.07) is 3.25. The number of imidazole rings is 1. The van der Waals surface area contributed by atoms with Crippen LogP contribution < -0.4 is 0 Å². The molecule has 1 unspecified atom stereocenters. The Morgan fingerprint density at radius 1 is 1.53 bits per heavy atom. The topological polar surface area (TPSA) is 20.7 Å². The van der Waals surface area contributed by atoms with E-state index >= 15 is 0 Å². The molecule has 92 valence electrons. The summed E-state index contributed by atoms with van der Waals surface area (Å²) in [6.45, 7) is 5.12. The predicted octanol–water partition coefficient (Wildman–Crippen LogP) is 4.65. The highest BCUT2D eigenvalue weighted by Crippen LogP contribution is 2.24. The third-order valence-electron chi connectivity index (χ3n) is 3.01. The Balaban J connectivity index is 2.58. The lowest BCUT2D eigenvalue weighted by atomic mass is 10.1. The summed E-state index contributed by atoms with van der Waals surface area (Å²) in [5, 5.41) is 0. The van der Waals surface area contributed by atoms with E-state index in [-0.39, 0.29) is 5.82 Å². The van der Waals surface area contributed by atoms with Crippen molar-refractivity contribution in [2.24, 2.45) is 5.92 Å². The SMILES string of the molecule is CCC(C)Cn1c(=S)[nH]c2cc(Br)c(F)cc21. The van der Waals surface area contributed by atoms with Crippen molar-refractivity contribution in [3.05, 3.63) is 27.2 Å². The van der Waals surface area contributed by atoms with Gasteiger partial charge in [0.2, 0.25) is 0 Å². The van der Waals surface area contributed by atoms with E-state index in [1.807, 2.05) is 4.57 Å². The number of benzene rings is 1. The number of aromatic amines is 1. The standard InChI is InChI=1S/C12H14BrFN2S/c1-3-7(2)6-16-11-5-9(14)8(13)4-10(11)15-12(16)17/h4-5,7H,3,6H2,1-2H3,(H,15,17). The van der Waals surface area contributed by atoms with Crippen molar-refractivity contribution >= 4 is 39.2 Å². The molecule has 0 aliphatic rings. The van der Waals surface area contributed by atoms with Gasteiger partial charge in [0.1, 0.15) is 5.82 Å². The summed E-state index contributed by atoms with van der Waals surface area (Å²) >= 11 is 8.45. The number of rotatable bonds is 3. The first-order chi connectivity index (χ1) is 8.02. The van der Waals surface area contributed by atoms with Gasteiger partial charge in [-0.1, -0.05) is 20.3 Å². The highest BCUT2D eigenvalue weighted by Gasteiger charge is 2.10. The third kappa shape index (κ3) is 2.45. The normalized spacial score (nSPS) is 13.2. The van der Waals surface area contributed by atoms with Gasteiger partial charge < -0.3 is 9.55 Å². The van der Waals surface area contributed by atoms with Crippen LogP contribution in [0.2, 0.25) is 0 Å². The molecule has 0 spiro atoms. The van der Waals surface area contributed by atoms with Crippen LogP contribution in [-0.2, 0) is 6.54 Å². The molecular weight excluding hydrogens is 303 g/mol. The fourth-order valence-corrected chi connectivity index (χ4v) is 2.40. The molecule has 2 rings (SSSR count). The van der Waals surface area contributed by atoms with Crippen LogP contribution >= 0.6 is 28.1 Å². The number of nitrogens with one attached hydrogen (secondary N) is 1. The van der Waals surface area contributed by atoms with E-state index in [2.05, 4.69) is 34.8 Å². The van der Waals surface area contributed by atoms with E-state index in [1.165, 1.54) is 6.07 Å². The second kappa shape index (κ2) is 4.90. The quantitative estimate of drug-likeness (QED) is 0.818. The molecule has 0 fully saturated rings. The highest BCUT2D eigenvalue weighted by molar-refractivity contribution is 9.10. The summed E-state index contributed by atoms with van der Waals surface area (Å²) < 4.78 is 16.6. The number of nitrogens with zero attached hydrogens (tertiary/aromatic N) is 1. The molecule has 0 radical (unpaired) electrons. The van der Waals surface area contributed by atoms with Gasteiger partial charge in [0, 0.05) is 12.6 Å². The lowest BCUT2D eigenvalue weighted by molar-refractivity contribution is 0.472. The summed E-state index contributed by atoms with van der Waals surface area (Å²) in [5.74, 6) is 0.261. The highest BCUT2D eigenvalue weighted by atomic mass is 79.9. The minimum Gasteiger partial charge on any atom is -0.331 e. The lowest BCUT2D eigenvalue weighted by Crippen LogP contribution is -2.06.